The van der Waals surface area contributed by atoms with Gasteiger partial charge in [-0.25, -0.2) is 9.79 Å². The molecule has 1 fully saturated rings. The van der Waals surface area contributed by atoms with Gasteiger partial charge < -0.3 is 25.0 Å². The number of rotatable bonds is 7. The van der Waals surface area contributed by atoms with Crippen LogP contribution in [0.4, 0.5) is 4.79 Å². The SMILES string of the molecule is C=CCOc1ccccc1CN=C(NCC)NC1CCN(C(=O)OC)CC1.I. The third-order valence-electron chi connectivity index (χ3n) is 4.35. The number of ether oxygens (including phenoxy) is 2. The number of para-hydroxylation sites is 1. The van der Waals surface area contributed by atoms with Gasteiger partial charge in [0.2, 0.25) is 0 Å². The Morgan fingerprint density at radius 1 is 1.36 bits per heavy atom. The van der Waals surface area contributed by atoms with Gasteiger partial charge in [0.15, 0.2) is 5.96 Å². The zero-order chi connectivity index (χ0) is 19.5. The highest BCUT2D eigenvalue weighted by Gasteiger charge is 2.23. The zero-order valence-electron chi connectivity index (χ0n) is 16.6. The smallest absolute Gasteiger partial charge is 0.409 e. The Morgan fingerprint density at radius 2 is 2.07 bits per heavy atom. The van der Waals surface area contributed by atoms with E-state index in [0.29, 0.717) is 26.2 Å². The highest BCUT2D eigenvalue weighted by atomic mass is 127. The largest absolute Gasteiger partial charge is 0.489 e. The standard InChI is InChI=1S/C20H30N4O3.HI/c1-4-14-27-18-9-7-6-8-16(18)15-22-19(21-5-2)23-17-10-12-24(13-11-17)20(25)26-3;/h4,6-9,17H,1,5,10-15H2,2-3H3,(H2,21,22,23);1H. The Bertz CT molecular complexity index is 646. The van der Waals surface area contributed by atoms with Crippen LogP contribution in [0.25, 0.3) is 0 Å². The second-order valence-electron chi connectivity index (χ2n) is 6.28. The molecule has 1 aliphatic heterocycles. The van der Waals surface area contributed by atoms with Gasteiger partial charge in [0.05, 0.1) is 13.7 Å². The minimum Gasteiger partial charge on any atom is -0.489 e. The lowest BCUT2D eigenvalue weighted by molar-refractivity contribution is 0.111. The number of benzene rings is 1. The molecule has 156 valence electrons. The molecule has 1 aromatic rings. The molecular weight excluding hydrogens is 471 g/mol. The van der Waals surface area contributed by atoms with Crippen LogP contribution in [-0.2, 0) is 11.3 Å². The number of hydrogen-bond donors (Lipinski definition) is 2. The molecule has 1 aliphatic rings. The molecule has 0 aliphatic carbocycles. The second-order valence-corrected chi connectivity index (χ2v) is 6.28. The van der Waals surface area contributed by atoms with Gasteiger partial charge in [-0.1, -0.05) is 30.9 Å². The Labute approximate surface area is 184 Å². The summed E-state index contributed by atoms with van der Waals surface area (Å²) in [6, 6.07) is 8.16. The number of guanidine groups is 1. The Balaban J connectivity index is 0.00000392. The molecule has 0 atom stereocenters. The van der Waals surface area contributed by atoms with Crippen molar-refractivity contribution >= 4 is 36.0 Å². The summed E-state index contributed by atoms with van der Waals surface area (Å²) in [5.41, 5.74) is 1.03. The van der Waals surface area contributed by atoms with Crippen LogP contribution in [-0.4, -0.2) is 56.3 Å². The predicted molar refractivity (Wildman–Crippen MR) is 123 cm³/mol. The number of nitrogens with one attached hydrogen (secondary N) is 2. The van der Waals surface area contributed by atoms with Crippen LogP contribution in [0, 0.1) is 0 Å². The predicted octanol–water partition coefficient (Wildman–Crippen LogP) is 3.16. The number of likely N-dealkylation sites (tertiary alicyclic amines) is 1. The maximum atomic E-state index is 11.6. The van der Waals surface area contributed by atoms with Crippen molar-refractivity contribution in [3.05, 3.63) is 42.5 Å². The molecular formula is C20H31IN4O3. The quantitative estimate of drug-likeness (QED) is 0.260. The van der Waals surface area contributed by atoms with Gasteiger partial charge in [0.1, 0.15) is 12.4 Å². The highest BCUT2D eigenvalue weighted by molar-refractivity contribution is 14.0. The van der Waals surface area contributed by atoms with E-state index in [1.807, 2.05) is 31.2 Å². The summed E-state index contributed by atoms with van der Waals surface area (Å²) in [5, 5.41) is 6.75. The fourth-order valence-electron chi connectivity index (χ4n) is 2.94. The molecule has 1 heterocycles. The summed E-state index contributed by atoms with van der Waals surface area (Å²) in [5.74, 6) is 1.59. The number of nitrogens with zero attached hydrogens (tertiary/aromatic N) is 2. The van der Waals surface area contributed by atoms with E-state index in [1.165, 1.54) is 7.11 Å². The van der Waals surface area contributed by atoms with Crippen LogP contribution >= 0.6 is 24.0 Å². The van der Waals surface area contributed by atoms with Crippen molar-refractivity contribution in [2.45, 2.75) is 32.4 Å². The van der Waals surface area contributed by atoms with Crippen LogP contribution in [0.2, 0.25) is 0 Å². The highest BCUT2D eigenvalue weighted by Crippen LogP contribution is 2.19. The average molecular weight is 502 g/mol. The minimum atomic E-state index is -0.259. The van der Waals surface area contributed by atoms with Gasteiger partial charge >= 0.3 is 6.09 Å². The molecule has 0 spiro atoms. The van der Waals surface area contributed by atoms with Gasteiger partial charge in [-0.05, 0) is 25.8 Å². The first-order valence-electron chi connectivity index (χ1n) is 9.37. The van der Waals surface area contributed by atoms with E-state index in [-0.39, 0.29) is 36.1 Å². The Morgan fingerprint density at radius 3 is 2.71 bits per heavy atom. The van der Waals surface area contributed by atoms with Gasteiger partial charge in [-0.3, -0.25) is 0 Å². The summed E-state index contributed by atoms with van der Waals surface area (Å²) in [6.45, 7) is 8.86. The van der Waals surface area contributed by atoms with Crippen molar-refractivity contribution in [2.24, 2.45) is 4.99 Å². The van der Waals surface area contributed by atoms with Crippen molar-refractivity contribution in [1.82, 2.24) is 15.5 Å². The molecule has 1 amide bonds. The number of piperidine rings is 1. The molecule has 1 aromatic carbocycles. The van der Waals surface area contributed by atoms with Gasteiger partial charge in [0.25, 0.3) is 0 Å². The first kappa shape index (κ1) is 24.1. The average Bonchev–Trinajstić information content (AvgIpc) is 2.71. The zero-order valence-corrected chi connectivity index (χ0v) is 19.0. The third kappa shape index (κ3) is 7.57. The van der Waals surface area contributed by atoms with E-state index < -0.39 is 0 Å². The molecule has 28 heavy (non-hydrogen) atoms. The molecule has 0 unspecified atom stereocenters. The van der Waals surface area contributed by atoms with Crippen molar-refractivity contribution in [1.29, 1.82) is 0 Å². The van der Waals surface area contributed by atoms with Crippen molar-refractivity contribution in [3.63, 3.8) is 0 Å². The molecule has 0 aromatic heterocycles. The van der Waals surface area contributed by atoms with Crippen LogP contribution in [0.1, 0.15) is 25.3 Å². The van der Waals surface area contributed by atoms with Crippen LogP contribution in [0.5, 0.6) is 5.75 Å². The maximum absolute atomic E-state index is 11.6. The van der Waals surface area contributed by atoms with E-state index in [0.717, 1.165) is 36.7 Å². The Hall–Kier alpha value is -1.97. The van der Waals surface area contributed by atoms with Gasteiger partial charge in [-0.15, -0.1) is 24.0 Å². The lowest BCUT2D eigenvalue weighted by atomic mass is 10.1. The molecule has 2 N–H and O–H groups in total. The fourth-order valence-corrected chi connectivity index (χ4v) is 2.94. The van der Waals surface area contributed by atoms with E-state index >= 15 is 0 Å². The first-order chi connectivity index (χ1) is 13.2. The lowest BCUT2D eigenvalue weighted by Gasteiger charge is -2.32. The number of carbonyl (C=O) groups excluding carboxylic acids is 1. The fraction of sp³-hybridized carbons (Fsp3) is 0.500. The molecule has 0 bridgehead atoms. The lowest BCUT2D eigenvalue weighted by Crippen LogP contribution is -2.49. The minimum absolute atomic E-state index is 0. The molecule has 8 heteroatoms. The van der Waals surface area contributed by atoms with E-state index in [2.05, 4.69) is 17.2 Å². The van der Waals surface area contributed by atoms with Crippen molar-refractivity contribution < 1.29 is 14.3 Å². The number of halogens is 1. The van der Waals surface area contributed by atoms with Crippen molar-refractivity contribution in [2.75, 3.05) is 33.4 Å². The number of carbonyl (C=O) groups is 1. The van der Waals surface area contributed by atoms with Crippen LogP contribution < -0.4 is 15.4 Å². The summed E-state index contributed by atoms with van der Waals surface area (Å²) >= 11 is 0. The normalized spacial score (nSPS) is 14.6. The number of aliphatic imine (C=N–C) groups is 1. The molecule has 1 saturated heterocycles. The molecule has 2 rings (SSSR count). The second kappa shape index (κ2) is 13.2. The third-order valence-corrected chi connectivity index (χ3v) is 4.35. The maximum Gasteiger partial charge on any atom is 0.409 e. The van der Waals surface area contributed by atoms with E-state index in [4.69, 9.17) is 14.5 Å². The summed E-state index contributed by atoms with van der Waals surface area (Å²) < 4.78 is 10.5. The number of amides is 1. The Kier molecular flexibility index (Phi) is 11.4. The number of hydrogen-bond acceptors (Lipinski definition) is 4. The molecule has 7 nitrogen and oxygen atoms in total. The topological polar surface area (TPSA) is 75.2 Å². The molecule has 0 saturated carbocycles. The van der Waals surface area contributed by atoms with Crippen LogP contribution in [0.15, 0.2) is 41.9 Å². The van der Waals surface area contributed by atoms with Gasteiger partial charge in [-0.2, -0.15) is 0 Å². The van der Waals surface area contributed by atoms with E-state index in [1.54, 1.807) is 11.0 Å². The first-order valence-corrected chi connectivity index (χ1v) is 9.37. The van der Waals surface area contributed by atoms with Crippen LogP contribution in [0.3, 0.4) is 0 Å². The summed E-state index contributed by atoms with van der Waals surface area (Å²) in [6.07, 6.45) is 3.19. The van der Waals surface area contributed by atoms with E-state index in [9.17, 15) is 4.79 Å². The molecule has 0 radical (unpaired) electrons. The van der Waals surface area contributed by atoms with Gasteiger partial charge in [0, 0.05) is 31.2 Å². The van der Waals surface area contributed by atoms with Crippen molar-refractivity contribution in [3.8, 4) is 5.75 Å². The summed E-state index contributed by atoms with van der Waals surface area (Å²) in [7, 11) is 1.42. The summed E-state index contributed by atoms with van der Waals surface area (Å²) in [4.78, 5) is 18.0. The monoisotopic (exact) mass is 502 g/mol. The number of methoxy groups -OCH3 is 1.